The quantitative estimate of drug-likeness (QED) is 0.599. The minimum Gasteiger partial charge on any atom is -0.378 e. The second-order valence-electron chi connectivity index (χ2n) is 2.96. The van der Waals surface area contributed by atoms with Gasteiger partial charge < -0.3 is 16.7 Å². The molecule has 1 heterocycles. The van der Waals surface area contributed by atoms with E-state index < -0.39 is 0 Å². The minimum atomic E-state index is 0.551. The maximum atomic E-state index is 3.78. The highest BCUT2D eigenvalue weighted by atomic mass is 32.2. The average Bonchev–Trinajstić information content (AvgIpc) is 2.52. The van der Waals surface area contributed by atoms with Crippen LogP contribution < -0.4 is 0 Å². The molecule has 11 heavy (non-hydrogen) atoms. The van der Waals surface area contributed by atoms with E-state index in [1.54, 1.807) is 11.8 Å². The number of hydrogen-bond donors (Lipinski definition) is 0. The summed E-state index contributed by atoms with van der Waals surface area (Å²) in [7, 11) is 0. The Labute approximate surface area is 73.8 Å². The van der Waals surface area contributed by atoms with E-state index in [4.69, 9.17) is 0 Å². The zero-order valence-corrected chi connectivity index (χ0v) is 7.94. The van der Waals surface area contributed by atoms with Crippen molar-refractivity contribution in [3.63, 3.8) is 0 Å². The second kappa shape index (κ2) is 4.70. The average molecular weight is 170 g/mol. The number of nitrogens with zero attached hydrogens (tertiary/aromatic N) is 1. The van der Waals surface area contributed by atoms with Crippen molar-refractivity contribution in [1.82, 2.24) is 4.90 Å². The summed E-state index contributed by atoms with van der Waals surface area (Å²) in [6, 6.07) is 0. The normalized spacial score (nSPS) is 21.5. The van der Waals surface area contributed by atoms with Crippen molar-refractivity contribution in [1.29, 1.82) is 0 Å². The fraction of sp³-hybridized carbons (Fsp3) is 0.667. The highest BCUT2D eigenvalue weighted by Crippen LogP contribution is 2.11. The zero-order chi connectivity index (χ0) is 8.10. The van der Waals surface area contributed by atoms with E-state index >= 15 is 0 Å². The molecule has 2 heteroatoms. The molecule has 0 aromatic rings. The van der Waals surface area contributed by atoms with E-state index in [1.807, 2.05) is 0 Å². The molecule has 0 aliphatic carbocycles. The van der Waals surface area contributed by atoms with Crippen molar-refractivity contribution in [2.75, 3.05) is 13.1 Å². The Morgan fingerprint density at radius 3 is 2.64 bits per heavy atom. The second-order valence-corrected chi connectivity index (χ2v) is 4.03. The summed E-state index contributed by atoms with van der Waals surface area (Å²) < 4.78 is 0. The summed E-state index contributed by atoms with van der Waals surface area (Å²) in [6.07, 6.45) is 10.9. The van der Waals surface area contributed by atoms with Gasteiger partial charge in [-0.1, -0.05) is 13.0 Å². The van der Waals surface area contributed by atoms with Crippen molar-refractivity contribution in [2.45, 2.75) is 25.0 Å². The van der Waals surface area contributed by atoms with Gasteiger partial charge in [0.15, 0.2) is 0 Å². The van der Waals surface area contributed by atoms with Crippen molar-refractivity contribution in [3.8, 4) is 0 Å². The van der Waals surface area contributed by atoms with Gasteiger partial charge in [-0.05, 0) is 24.3 Å². The van der Waals surface area contributed by atoms with E-state index in [0.717, 1.165) is 0 Å². The first-order chi connectivity index (χ1) is 5.33. The van der Waals surface area contributed by atoms with Gasteiger partial charge in [0.1, 0.15) is 0 Å². The zero-order valence-electron chi connectivity index (χ0n) is 7.12. The van der Waals surface area contributed by atoms with Crippen LogP contribution in [0.4, 0.5) is 0 Å². The van der Waals surface area contributed by atoms with E-state index in [0.29, 0.717) is 5.25 Å². The molecule has 0 amide bonds. The number of rotatable bonds is 3. The third-order valence-electron chi connectivity index (χ3n) is 1.97. The smallest absolute Gasteiger partial charge is 0.0173 e. The summed E-state index contributed by atoms with van der Waals surface area (Å²) in [4.78, 5) is 2.38. The molecule has 64 valence electrons. The Bertz CT molecular complexity index is 128. The lowest BCUT2D eigenvalue weighted by atomic mass is 10.4. The van der Waals surface area contributed by atoms with Gasteiger partial charge in [-0.2, -0.15) is 0 Å². The third kappa shape index (κ3) is 3.19. The summed E-state index contributed by atoms with van der Waals surface area (Å²) in [5.74, 6) is 0. The minimum absolute atomic E-state index is 0.551. The van der Waals surface area contributed by atoms with Gasteiger partial charge in [-0.25, -0.2) is 0 Å². The lowest BCUT2D eigenvalue weighted by molar-refractivity contribution is 0.467. The molecule has 0 radical (unpaired) electrons. The van der Waals surface area contributed by atoms with E-state index in [-0.39, 0.29) is 0 Å². The fourth-order valence-electron chi connectivity index (χ4n) is 1.19. The first-order valence-corrected chi connectivity index (χ1v) is 5.21. The monoisotopic (exact) mass is 170 g/mol. The van der Waals surface area contributed by atoms with Crippen LogP contribution in [-0.4, -0.2) is 23.2 Å². The van der Waals surface area contributed by atoms with Crippen LogP contribution in [-0.2, 0) is 0 Å². The van der Waals surface area contributed by atoms with Gasteiger partial charge in [-0.3, -0.25) is 6.26 Å². The van der Waals surface area contributed by atoms with Crippen molar-refractivity contribution >= 4 is 11.8 Å². The molecule has 1 unspecified atom stereocenters. The van der Waals surface area contributed by atoms with Crippen molar-refractivity contribution in [3.05, 3.63) is 18.5 Å². The molecule has 0 aromatic carbocycles. The highest BCUT2D eigenvalue weighted by Gasteiger charge is 2.05. The summed E-state index contributed by atoms with van der Waals surface area (Å²) in [5.41, 5.74) is 0. The van der Waals surface area contributed by atoms with Crippen LogP contribution in [0.5, 0.6) is 0 Å². The van der Waals surface area contributed by atoms with Gasteiger partial charge in [0.2, 0.25) is 0 Å². The van der Waals surface area contributed by atoms with Gasteiger partial charge in [0.05, 0.1) is 0 Å². The van der Waals surface area contributed by atoms with Crippen LogP contribution in [0.25, 0.3) is 0 Å². The molecule has 1 aliphatic rings. The van der Waals surface area contributed by atoms with Crippen molar-refractivity contribution in [2.24, 2.45) is 0 Å². The Morgan fingerprint density at radius 2 is 2.09 bits per heavy atom. The van der Waals surface area contributed by atoms with Crippen LogP contribution >= 0.6 is 11.8 Å². The summed E-state index contributed by atoms with van der Waals surface area (Å²) in [5, 5.41) is 0.551. The number of thioether (sulfide) groups is 1. The molecule has 1 aliphatic heterocycles. The Hall–Kier alpha value is -0.110. The summed E-state index contributed by atoms with van der Waals surface area (Å²) in [6.45, 7) is 4.65. The predicted molar refractivity (Wildman–Crippen MR) is 52.4 cm³/mol. The molecule has 1 saturated heterocycles. The Balaban J connectivity index is 2.22. The lowest BCUT2D eigenvalue weighted by Crippen LogP contribution is -2.11. The third-order valence-corrected chi connectivity index (χ3v) is 2.65. The van der Waals surface area contributed by atoms with Gasteiger partial charge in [0, 0.05) is 13.1 Å². The first-order valence-electron chi connectivity index (χ1n) is 4.16. The Morgan fingerprint density at radius 1 is 1.45 bits per heavy atom. The molecule has 0 bridgehead atoms. The highest BCUT2D eigenvalue weighted by molar-refractivity contribution is 8.01. The van der Waals surface area contributed by atoms with Crippen LogP contribution in [0.1, 0.15) is 19.8 Å². The van der Waals surface area contributed by atoms with Gasteiger partial charge in [0.25, 0.3) is 0 Å². The standard InChI is InChI=1S/C9H16NS/c1-9(11-2)5-8-10-6-3-4-7-10/h5,8-9H,2-4,6-7H2,1H3/q-1/b8-5+. The van der Waals surface area contributed by atoms with Crippen LogP contribution in [0.2, 0.25) is 0 Å². The molecule has 0 N–H and O–H groups in total. The Kier molecular flexibility index (Phi) is 3.84. The maximum Gasteiger partial charge on any atom is 0.0173 e. The fourth-order valence-corrected chi connectivity index (χ4v) is 1.37. The topological polar surface area (TPSA) is 3.24 Å². The van der Waals surface area contributed by atoms with Crippen LogP contribution in [0, 0.1) is 6.26 Å². The molecule has 0 aromatic heterocycles. The summed E-state index contributed by atoms with van der Waals surface area (Å²) >= 11 is 1.64. The maximum absolute atomic E-state index is 3.78. The molecule has 1 rings (SSSR count). The molecule has 1 nitrogen and oxygen atoms in total. The first kappa shape index (κ1) is 8.98. The molecule has 0 spiro atoms. The molecular weight excluding hydrogens is 154 g/mol. The van der Waals surface area contributed by atoms with Crippen LogP contribution in [0.15, 0.2) is 12.3 Å². The molecule has 0 saturated carbocycles. The number of likely N-dealkylation sites (tertiary alicyclic amines) is 1. The lowest BCUT2D eigenvalue weighted by Gasteiger charge is -2.13. The number of hydrogen-bond acceptors (Lipinski definition) is 2. The van der Waals surface area contributed by atoms with E-state index in [2.05, 4.69) is 30.4 Å². The van der Waals surface area contributed by atoms with Crippen molar-refractivity contribution < 1.29 is 0 Å². The largest absolute Gasteiger partial charge is 0.378 e. The van der Waals surface area contributed by atoms with Gasteiger partial charge >= 0.3 is 0 Å². The predicted octanol–water partition coefficient (Wildman–Crippen LogP) is 2.51. The van der Waals surface area contributed by atoms with Crippen LogP contribution in [0.3, 0.4) is 0 Å². The van der Waals surface area contributed by atoms with Gasteiger partial charge in [-0.15, -0.1) is 0 Å². The molecule has 1 fully saturated rings. The molecule has 1 atom stereocenters. The van der Waals surface area contributed by atoms with E-state index in [9.17, 15) is 0 Å². The van der Waals surface area contributed by atoms with E-state index in [1.165, 1.54) is 25.9 Å². The molecular formula is C9H16NS-. The SMILES string of the molecule is [CH2-]SC(C)/C=C/N1CCCC1.